The minimum absolute atomic E-state index is 0.151. The highest BCUT2D eigenvalue weighted by Crippen LogP contribution is 2.13. The molecular weight excluding hydrogens is 192 g/mol. The number of carbonyl (C=O) groups excluding carboxylic acids is 1. The first-order chi connectivity index (χ1) is 6.81. The summed E-state index contributed by atoms with van der Waals surface area (Å²) in [5.41, 5.74) is -0.408. The molecule has 2 atom stereocenters. The SMILES string of the molecule is CC1C(C(=O)OC(C)(C)C)NCCN1C. The average Bonchev–Trinajstić information content (AvgIpc) is 2.06. The molecule has 0 aromatic rings. The summed E-state index contributed by atoms with van der Waals surface area (Å²) < 4.78 is 5.37. The zero-order valence-electron chi connectivity index (χ0n) is 10.3. The molecule has 15 heavy (non-hydrogen) atoms. The fraction of sp³-hybridized carbons (Fsp3) is 0.909. The largest absolute Gasteiger partial charge is 0.459 e. The molecule has 1 heterocycles. The average molecular weight is 214 g/mol. The third-order valence-electron chi connectivity index (χ3n) is 2.67. The molecule has 1 rings (SSSR count). The van der Waals surface area contributed by atoms with Crippen LogP contribution in [0.25, 0.3) is 0 Å². The van der Waals surface area contributed by atoms with Gasteiger partial charge in [0.2, 0.25) is 0 Å². The number of hydrogen-bond acceptors (Lipinski definition) is 4. The van der Waals surface area contributed by atoms with Crippen LogP contribution in [-0.4, -0.2) is 48.7 Å². The summed E-state index contributed by atoms with van der Waals surface area (Å²) in [6.07, 6.45) is 0. The van der Waals surface area contributed by atoms with Crippen molar-refractivity contribution in [2.45, 2.75) is 45.4 Å². The van der Waals surface area contributed by atoms with Gasteiger partial charge in [-0.3, -0.25) is 4.79 Å². The van der Waals surface area contributed by atoms with Crippen LogP contribution < -0.4 is 5.32 Å². The summed E-state index contributed by atoms with van der Waals surface area (Å²) in [6.45, 7) is 9.53. The highest BCUT2D eigenvalue weighted by Gasteiger charge is 2.33. The Morgan fingerprint density at radius 2 is 2.07 bits per heavy atom. The number of rotatable bonds is 1. The van der Waals surface area contributed by atoms with Crippen LogP contribution in [0, 0.1) is 0 Å². The van der Waals surface area contributed by atoms with E-state index in [0.29, 0.717) is 0 Å². The van der Waals surface area contributed by atoms with Crippen molar-refractivity contribution in [3.8, 4) is 0 Å². The van der Waals surface area contributed by atoms with Crippen molar-refractivity contribution >= 4 is 5.97 Å². The Labute approximate surface area is 92.0 Å². The molecule has 0 bridgehead atoms. The van der Waals surface area contributed by atoms with Crippen LogP contribution >= 0.6 is 0 Å². The van der Waals surface area contributed by atoms with E-state index in [2.05, 4.69) is 10.2 Å². The van der Waals surface area contributed by atoms with Crippen molar-refractivity contribution in [3.05, 3.63) is 0 Å². The van der Waals surface area contributed by atoms with E-state index in [1.165, 1.54) is 0 Å². The molecule has 1 N–H and O–H groups in total. The van der Waals surface area contributed by atoms with Gasteiger partial charge in [-0.1, -0.05) is 0 Å². The first-order valence-corrected chi connectivity index (χ1v) is 5.48. The predicted octanol–water partition coefficient (Wildman–Crippen LogP) is 0.620. The second-order valence-corrected chi connectivity index (χ2v) is 5.19. The molecule has 1 saturated heterocycles. The standard InChI is InChI=1S/C11H22N2O2/c1-8-9(12-6-7-13(8)5)10(14)15-11(2,3)4/h8-9,12H,6-7H2,1-5H3. The number of nitrogens with one attached hydrogen (secondary N) is 1. The van der Waals surface area contributed by atoms with E-state index in [1.807, 2.05) is 34.7 Å². The van der Waals surface area contributed by atoms with Crippen molar-refractivity contribution in [2.75, 3.05) is 20.1 Å². The number of esters is 1. The van der Waals surface area contributed by atoms with Gasteiger partial charge in [0, 0.05) is 19.1 Å². The third kappa shape index (κ3) is 3.47. The molecule has 0 spiro atoms. The molecule has 0 radical (unpaired) electrons. The maximum absolute atomic E-state index is 11.9. The van der Waals surface area contributed by atoms with E-state index in [1.54, 1.807) is 0 Å². The highest BCUT2D eigenvalue weighted by molar-refractivity contribution is 5.77. The van der Waals surface area contributed by atoms with Crippen LogP contribution in [0.4, 0.5) is 0 Å². The molecule has 1 fully saturated rings. The van der Waals surface area contributed by atoms with Gasteiger partial charge in [-0.25, -0.2) is 0 Å². The Morgan fingerprint density at radius 3 is 2.60 bits per heavy atom. The van der Waals surface area contributed by atoms with E-state index >= 15 is 0 Å². The minimum Gasteiger partial charge on any atom is -0.459 e. The Balaban J connectivity index is 2.59. The zero-order chi connectivity index (χ0) is 11.6. The van der Waals surface area contributed by atoms with Crippen LogP contribution in [0.3, 0.4) is 0 Å². The summed E-state index contributed by atoms with van der Waals surface area (Å²) in [6, 6.07) is -0.0171. The molecule has 0 aromatic carbocycles. The lowest BCUT2D eigenvalue weighted by molar-refractivity contribution is -0.160. The second kappa shape index (κ2) is 4.49. The quantitative estimate of drug-likeness (QED) is 0.650. The molecule has 4 heteroatoms. The van der Waals surface area contributed by atoms with Crippen molar-refractivity contribution in [3.63, 3.8) is 0 Å². The Hall–Kier alpha value is -0.610. The first kappa shape index (κ1) is 12.5. The smallest absolute Gasteiger partial charge is 0.325 e. The maximum atomic E-state index is 11.9. The Morgan fingerprint density at radius 1 is 1.47 bits per heavy atom. The third-order valence-corrected chi connectivity index (χ3v) is 2.67. The van der Waals surface area contributed by atoms with Gasteiger partial charge >= 0.3 is 5.97 Å². The van der Waals surface area contributed by atoms with Crippen molar-refractivity contribution in [1.82, 2.24) is 10.2 Å². The summed E-state index contributed by atoms with van der Waals surface area (Å²) in [5, 5.41) is 3.21. The van der Waals surface area contributed by atoms with Gasteiger partial charge in [-0.05, 0) is 34.7 Å². The summed E-state index contributed by atoms with van der Waals surface area (Å²) in [4.78, 5) is 14.0. The van der Waals surface area contributed by atoms with E-state index < -0.39 is 5.60 Å². The highest BCUT2D eigenvalue weighted by atomic mass is 16.6. The maximum Gasteiger partial charge on any atom is 0.325 e. The summed E-state index contributed by atoms with van der Waals surface area (Å²) in [7, 11) is 2.03. The second-order valence-electron chi connectivity index (χ2n) is 5.19. The number of piperazine rings is 1. The molecule has 1 aliphatic heterocycles. The molecule has 0 aliphatic carbocycles. The molecule has 88 valence electrons. The lowest BCUT2D eigenvalue weighted by atomic mass is 10.1. The van der Waals surface area contributed by atoms with Gasteiger partial charge in [0.05, 0.1) is 0 Å². The lowest BCUT2D eigenvalue weighted by Gasteiger charge is -2.37. The van der Waals surface area contributed by atoms with Gasteiger partial charge in [0.25, 0.3) is 0 Å². The van der Waals surface area contributed by atoms with E-state index in [0.717, 1.165) is 13.1 Å². The van der Waals surface area contributed by atoms with E-state index in [-0.39, 0.29) is 18.1 Å². The van der Waals surface area contributed by atoms with Crippen molar-refractivity contribution in [2.24, 2.45) is 0 Å². The number of carbonyl (C=O) groups is 1. The Kier molecular flexibility index (Phi) is 3.73. The van der Waals surface area contributed by atoms with Gasteiger partial charge in [-0.2, -0.15) is 0 Å². The summed E-state index contributed by atoms with van der Waals surface area (Å²) in [5.74, 6) is -0.151. The van der Waals surface area contributed by atoms with Crippen LogP contribution in [0.15, 0.2) is 0 Å². The summed E-state index contributed by atoms with van der Waals surface area (Å²) >= 11 is 0. The fourth-order valence-electron chi connectivity index (χ4n) is 1.67. The normalized spacial score (nSPS) is 28.9. The van der Waals surface area contributed by atoms with Crippen LogP contribution in [0.1, 0.15) is 27.7 Å². The predicted molar refractivity (Wildman–Crippen MR) is 59.7 cm³/mol. The van der Waals surface area contributed by atoms with Crippen molar-refractivity contribution in [1.29, 1.82) is 0 Å². The molecule has 0 amide bonds. The molecule has 2 unspecified atom stereocenters. The number of hydrogen-bond donors (Lipinski definition) is 1. The molecule has 0 aromatic heterocycles. The van der Waals surface area contributed by atoms with Gasteiger partial charge in [-0.15, -0.1) is 0 Å². The van der Waals surface area contributed by atoms with Crippen molar-refractivity contribution < 1.29 is 9.53 Å². The molecular formula is C11H22N2O2. The van der Waals surface area contributed by atoms with Gasteiger partial charge in [0.15, 0.2) is 0 Å². The number of likely N-dealkylation sites (N-methyl/N-ethyl adjacent to an activating group) is 1. The Bertz CT molecular complexity index is 235. The zero-order valence-corrected chi connectivity index (χ0v) is 10.3. The van der Waals surface area contributed by atoms with Crippen LogP contribution in [0.5, 0.6) is 0 Å². The van der Waals surface area contributed by atoms with Crippen LogP contribution in [0.2, 0.25) is 0 Å². The van der Waals surface area contributed by atoms with E-state index in [9.17, 15) is 4.79 Å². The topological polar surface area (TPSA) is 41.6 Å². The fourth-order valence-corrected chi connectivity index (χ4v) is 1.67. The minimum atomic E-state index is -0.408. The number of nitrogens with zero attached hydrogens (tertiary/aromatic N) is 1. The molecule has 1 aliphatic rings. The molecule has 4 nitrogen and oxygen atoms in total. The van der Waals surface area contributed by atoms with E-state index in [4.69, 9.17) is 4.74 Å². The molecule has 0 saturated carbocycles. The first-order valence-electron chi connectivity index (χ1n) is 5.48. The van der Waals surface area contributed by atoms with Crippen LogP contribution in [-0.2, 0) is 9.53 Å². The monoisotopic (exact) mass is 214 g/mol. The lowest BCUT2D eigenvalue weighted by Crippen LogP contribution is -2.59. The number of ether oxygens (including phenoxy) is 1. The van der Waals surface area contributed by atoms with Gasteiger partial charge in [0.1, 0.15) is 11.6 Å². The van der Waals surface area contributed by atoms with Gasteiger partial charge < -0.3 is 15.0 Å².